The standard InChI is InChI=1S/C14H22N4.ClH/c1(3-5-9-17-11-7-15-13-17)2-4-6-10-18-12-8-16-14-18;/h7-8,11-14H,1-6,9-10H2;1H. The van der Waals surface area contributed by atoms with Crippen LogP contribution in [0.5, 0.6) is 0 Å². The molecule has 19 heavy (non-hydrogen) atoms. The van der Waals surface area contributed by atoms with Gasteiger partial charge in [-0.2, -0.15) is 0 Å². The maximum Gasteiger partial charge on any atom is 0.0945 e. The normalized spacial score (nSPS) is 10.3. The molecule has 2 heterocycles. The third kappa shape index (κ3) is 6.43. The summed E-state index contributed by atoms with van der Waals surface area (Å²) in [6.07, 6.45) is 19.4. The number of hydrogen-bond donors (Lipinski definition) is 0. The summed E-state index contributed by atoms with van der Waals surface area (Å²) in [7, 11) is 0. The number of unbranched alkanes of at least 4 members (excludes halogenated alkanes) is 5. The van der Waals surface area contributed by atoms with Gasteiger partial charge in [0.2, 0.25) is 0 Å². The van der Waals surface area contributed by atoms with Crippen LogP contribution < -0.4 is 0 Å². The van der Waals surface area contributed by atoms with E-state index in [9.17, 15) is 0 Å². The van der Waals surface area contributed by atoms with Gasteiger partial charge in [0.1, 0.15) is 0 Å². The number of aryl methyl sites for hydroxylation is 2. The highest BCUT2D eigenvalue weighted by Gasteiger charge is 1.94. The van der Waals surface area contributed by atoms with E-state index in [1.54, 1.807) is 0 Å². The third-order valence-corrected chi connectivity index (χ3v) is 3.20. The van der Waals surface area contributed by atoms with Gasteiger partial charge in [-0.05, 0) is 12.8 Å². The summed E-state index contributed by atoms with van der Waals surface area (Å²) in [5.41, 5.74) is 0. The Morgan fingerprint density at radius 3 is 1.42 bits per heavy atom. The average Bonchev–Trinajstić information content (AvgIpc) is 3.05. The van der Waals surface area contributed by atoms with Crippen molar-refractivity contribution < 1.29 is 0 Å². The first-order chi connectivity index (χ1) is 8.95. The van der Waals surface area contributed by atoms with Crippen molar-refractivity contribution in [3.8, 4) is 0 Å². The molecule has 0 amide bonds. The van der Waals surface area contributed by atoms with Crippen molar-refractivity contribution in [1.82, 2.24) is 19.1 Å². The van der Waals surface area contributed by atoms with Crippen LogP contribution in [-0.2, 0) is 13.1 Å². The smallest absolute Gasteiger partial charge is 0.0945 e. The van der Waals surface area contributed by atoms with Crippen LogP contribution >= 0.6 is 12.4 Å². The van der Waals surface area contributed by atoms with Crippen molar-refractivity contribution in [2.45, 2.75) is 51.6 Å². The predicted octanol–water partition coefficient (Wildman–Crippen LogP) is 3.54. The van der Waals surface area contributed by atoms with Crippen LogP contribution in [0.4, 0.5) is 0 Å². The molecule has 0 N–H and O–H groups in total. The molecule has 0 bridgehead atoms. The minimum atomic E-state index is 0. The van der Waals surface area contributed by atoms with E-state index in [0.717, 1.165) is 13.1 Å². The second kappa shape index (κ2) is 9.62. The van der Waals surface area contributed by atoms with Crippen LogP contribution in [0.25, 0.3) is 0 Å². The molecule has 5 heteroatoms. The van der Waals surface area contributed by atoms with Crippen LogP contribution in [0.1, 0.15) is 38.5 Å². The molecule has 0 saturated carbocycles. The quantitative estimate of drug-likeness (QED) is 0.660. The molecule has 0 aliphatic rings. The molecule has 0 atom stereocenters. The molecule has 2 rings (SSSR count). The second-order valence-corrected chi connectivity index (χ2v) is 4.72. The van der Waals surface area contributed by atoms with Crippen molar-refractivity contribution in [2.75, 3.05) is 0 Å². The molecule has 2 aromatic rings. The summed E-state index contributed by atoms with van der Waals surface area (Å²) >= 11 is 0. The van der Waals surface area contributed by atoms with E-state index in [2.05, 4.69) is 19.1 Å². The molecule has 0 aliphatic heterocycles. The van der Waals surface area contributed by atoms with Crippen molar-refractivity contribution in [3.05, 3.63) is 37.4 Å². The predicted molar refractivity (Wildman–Crippen MR) is 79.4 cm³/mol. The molecule has 2 aromatic heterocycles. The Hall–Kier alpha value is -1.29. The first-order valence-electron chi connectivity index (χ1n) is 6.86. The molecule has 0 radical (unpaired) electrons. The van der Waals surface area contributed by atoms with Crippen molar-refractivity contribution >= 4 is 12.4 Å². The van der Waals surface area contributed by atoms with Gasteiger partial charge >= 0.3 is 0 Å². The van der Waals surface area contributed by atoms with E-state index >= 15 is 0 Å². The van der Waals surface area contributed by atoms with Gasteiger partial charge in [-0.3, -0.25) is 0 Å². The average molecular weight is 283 g/mol. The van der Waals surface area contributed by atoms with Crippen LogP contribution in [0, 0.1) is 0 Å². The van der Waals surface area contributed by atoms with Gasteiger partial charge in [-0.1, -0.05) is 25.7 Å². The molecule has 0 saturated heterocycles. The second-order valence-electron chi connectivity index (χ2n) is 4.72. The Balaban J connectivity index is 0.00000180. The zero-order valence-electron chi connectivity index (χ0n) is 11.3. The number of halogens is 1. The van der Waals surface area contributed by atoms with E-state index in [-0.39, 0.29) is 12.4 Å². The maximum absolute atomic E-state index is 4.04. The summed E-state index contributed by atoms with van der Waals surface area (Å²) in [6, 6.07) is 0. The molecular formula is C14H23ClN4. The van der Waals surface area contributed by atoms with E-state index < -0.39 is 0 Å². The Morgan fingerprint density at radius 1 is 0.632 bits per heavy atom. The third-order valence-electron chi connectivity index (χ3n) is 3.20. The Morgan fingerprint density at radius 2 is 1.05 bits per heavy atom. The van der Waals surface area contributed by atoms with E-state index in [1.165, 1.54) is 38.5 Å². The summed E-state index contributed by atoms with van der Waals surface area (Å²) in [4.78, 5) is 8.08. The van der Waals surface area contributed by atoms with Crippen molar-refractivity contribution in [3.63, 3.8) is 0 Å². The Kier molecular flexibility index (Phi) is 7.98. The monoisotopic (exact) mass is 282 g/mol. The first-order valence-corrected chi connectivity index (χ1v) is 6.86. The number of nitrogens with zero attached hydrogens (tertiary/aromatic N) is 4. The van der Waals surface area contributed by atoms with Crippen LogP contribution in [0.3, 0.4) is 0 Å². The molecule has 0 unspecified atom stereocenters. The van der Waals surface area contributed by atoms with Crippen LogP contribution in [-0.4, -0.2) is 19.1 Å². The lowest BCUT2D eigenvalue weighted by Crippen LogP contribution is -1.95. The van der Waals surface area contributed by atoms with Gasteiger partial charge in [0.25, 0.3) is 0 Å². The highest BCUT2D eigenvalue weighted by atomic mass is 35.5. The van der Waals surface area contributed by atoms with Gasteiger partial charge in [-0.25, -0.2) is 9.97 Å². The van der Waals surface area contributed by atoms with Crippen LogP contribution in [0.15, 0.2) is 37.4 Å². The zero-order chi connectivity index (χ0) is 12.5. The SMILES string of the molecule is Cl.c1cn(CCCCCCCCn2ccnc2)cn1. The van der Waals surface area contributed by atoms with Gasteiger partial charge in [0.05, 0.1) is 12.7 Å². The first kappa shape index (κ1) is 15.8. The van der Waals surface area contributed by atoms with Gasteiger partial charge in [0, 0.05) is 37.9 Å². The fraction of sp³-hybridized carbons (Fsp3) is 0.571. The van der Waals surface area contributed by atoms with Gasteiger partial charge in [-0.15, -0.1) is 12.4 Å². The maximum atomic E-state index is 4.04. The highest BCUT2D eigenvalue weighted by Crippen LogP contribution is 2.07. The van der Waals surface area contributed by atoms with Crippen molar-refractivity contribution in [1.29, 1.82) is 0 Å². The van der Waals surface area contributed by atoms with Gasteiger partial charge < -0.3 is 9.13 Å². The number of aromatic nitrogens is 4. The molecule has 0 spiro atoms. The molecular weight excluding hydrogens is 260 g/mol. The highest BCUT2D eigenvalue weighted by molar-refractivity contribution is 5.85. The minimum absolute atomic E-state index is 0. The lowest BCUT2D eigenvalue weighted by Gasteiger charge is -2.03. The largest absolute Gasteiger partial charge is 0.337 e. The fourth-order valence-electron chi connectivity index (χ4n) is 2.13. The van der Waals surface area contributed by atoms with Crippen LogP contribution in [0.2, 0.25) is 0 Å². The zero-order valence-corrected chi connectivity index (χ0v) is 12.1. The van der Waals surface area contributed by atoms with E-state index in [4.69, 9.17) is 0 Å². The summed E-state index contributed by atoms with van der Waals surface area (Å²) in [6.45, 7) is 2.21. The number of rotatable bonds is 9. The topological polar surface area (TPSA) is 35.6 Å². The summed E-state index contributed by atoms with van der Waals surface area (Å²) in [5, 5.41) is 0. The van der Waals surface area contributed by atoms with E-state index in [0.29, 0.717) is 0 Å². The van der Waals surface area contributed by atoms with Crippen molar-refractivity contribution in [2.24, 2.45) is 0 Å². The Bertz CT molecular complexity index is 357. The minimum Gasteiger partial charge on any atom is -0.337 e. The number of imidazole rings is 2. The molecule has 4 nitrogen and oxygen atoms in total. The molecule has 106 valence electrons. The van der Waals surface area contributed by atoms with E-state index in [1.807, 2.05) is 37.4 Å². The summed E-state index contributed by atoms with van der Waals surface area (Å²) in [5.74, 6) is 0. The lowest BCUT2D eigenvalue weighted by molar-refractivity contribution is 0.531. The summed E-state index contributed by atoms with van der Waals surface area (Å²) < 4.78 is 4.30. The molecule has 0 aromatic carbocycles. The number of hydrogen-bond acceptors (Lipinski definition) is 2. The fourth-order valence-corrected chi connectivity index (χ4v) is 2.13. The molecule has 0 fully saturated rings. The Labute approximate surface area is 121 Å². The lowest BCUT2D eigenvalue weighted by atomic mass is 10.1. The van der Waals surface area contributed by atoms with Gasteiger partial charge in [0.15, 0.2) is 0 Å². The molecule has 0 aliphatic carbocycles.